The predicted octanol–water partition coefficient (Wildman–Crippen LogP) is 5.01. The highest BCUT2D eigenvalue weighted by Crippen LogP contribution is 2.31. The van der Waals surface area contributed by atoms with Crippen LogP contribution in [0, 0.1) is 35.5 Å². The van der Waals surface area contributed by atoms with Gasteiger partial charge in [0.25, 0.3) is 0 Å². The molecule has 26 heteroatoms. The highest BCUT2D eigenvalue weighted by atomic mass is 16.5. The van der Waals surface area contributed by atoms with Crippen LogP contribution in [0.1, 0.15) is 165 Å². The molecule has 2 heterocycles. The number of urea groups is 1. The zero-order chi connectivity index (χ0) is 74.0. The number of nitrogens with two attached hydrogens (primary N) is 1. The fraction of sp³-hybridized carbons (Fsp3) is 0.685. The molecule has 2 aromatic carbocycles. The number of nitrogens with one attached hydrogen (secondary N) is 8. The minimum atomic E-state index is -1.13. The van der Waals surface area contributed by atoms with Crippen LogP contribution in [0.4, 0.5) is 10.5 Å². The first-order chi connectivity index (χ1) is 46.8. The number of likely N-dealkylation sites (N-methyl/N-ethyl adjacent to an activating group) is 2. The molecular formula is C73H119N13O13. The average molecular weight is 1390 g/mol. The van der Waals surface area contributed by atoms with Crippen molar-refractivity contribution in [2.24, 2.45) is 41.2 Å². The molecule has 2 aliphatic heterocycles. The van der Waals surface area contributed by atoms with Crippen molar-refractivity contribution in [3.05, 3.63) is 65.7 Å². The van der Waals surface area contributed by atoms with Crippen LogP contribution in [0.25, 0.3) is 0 Å². The number of likely N-dealkylation sites (tertiary alicyclic amines) is 2. The Morgan fingerprint density at radius 2 is 1.28 bits per heavy atom. The number of nitrogens with zero attached hydrogens (tertiary/aromatic N) is 4. The van der Waals surface area contributed by atoms with E-state index in [4.69, 9.17) is 15.2 Å². The van der Waals surface area contributed by atoms with Gasteiger partial charge >= 0.3 is 6.03 Å². The molecule has 0 aliphatic carbocycles. The summed E-state index contributed by atoms with van der Waals surface area (Å²) in [6.45, 7) is 23.7. The fourth-order valence-corrected chi connectivity index (χ4v) is 13.5. The number of rotatable bonds is 39. The molecule has 4 rings (SSSR count). The summed E-state index contributed by atoms with van der Waals surface area (Å²) in [6, 6.07) is 9.43. The molecule has 0 radical (unpaired) electrons. The summed E-state index contributed by atoms with van der Waals surface area (Å²) >= 11 is 0. The molecule has 1 unspecified atom stereocenters. The van der Waals surface area contributed by atoms with Gasteiger partial charge in [-0.05, 0) is 120 Å². The van der Waals surface area contributed by atoms with E-state index in [9.17, 15) is 52.7 Å². The highest BCUT2D eigenvalue weighted by Gasteiger charge is 2.44. The number of piperidine rings is 1. The standard InChI is InChI=1S/C73H119N13O13/c1-18-46(9)64(84(15)72(96)62(44(5)6)82-71(95)63(45(7)8)83(13)14)57(98-16)41-60(89)86-37-24-28-56(86)65(99-17)49(12)66(90)80-55(40-50-25-21-20-22-26-50)68(92)76-42-51-29-31-53(32-30-51)78-69(93)54(27-23-36-75-73(74)97)79-70(94)61(43(3)4)81-58(87)33-34-59(88)85-38-35-52(39-48(85)11)67(91)77-47(10)19-2/h20-22,25-26,29-32,43-49,52,54-57,61-65H,18-19,23-24,27-28,33-42H2,1-17H3,(H,76,92)(H,77,91)(H,78,93)(H,79,94)(H,80,90)(H,81,87)(H,82,95)(H3,74,75,97)/t46-,47?,48+,49+,52+,54-,55-,56-,57+,61-,62-,63-,64-,65+/m0/s1. The van der Waals surface area contributed by atoms with Gasteiger partial charge in [0.15, 0.2) is 0 Å². The van der Waals surface area contributed by atoms with Crippen molar-refractivity contribution in [1.82, 2.24) is 56.8 Å². The second-order valence-electron chi connectivity index (χ2n) is 28.4. The SMILES string of the molecule is CCC(C)NC(=O)[C@@H]1CCN(C(=O)CCC(=O)N[C@H](C(=O)N[C@@H](CCCNC(N)=O)C(=O)Nc2ccc(CNC(=O)[C@H](Cc3ccccc3)NC(=O)[C@H](C)[C@@H](OC)[C@@H]3CCCN3C(=O)C[C@@H](OC)[C@H]([C@@H](C)CC)N(C)C(=O)[C@@H](NC(=O)[C@H](C(C)C)N(C)C)C(C)C)cc2)C(C)C)[C@H](C)C1. The van der Waals surface area contributed by atoms with E-state index in [0.717, 1.165) is 12.0 Å². The van der Waals surface area contributed by atoms with Gasteiger partial charge in [0, 0.05) is 90.4 Å². The lowest BCUT2D eigenvalue weighted by Gasteiger charge is -2.41. The third-order valence-electron chi connectivity index (χ3n) is 19.6. The zero-order valence-corrected chi connectivity index (χ0v) is 62.0. The van der Waals surface area contributed by atoms with E-state index >= 15 is 0 Å². The molecule has 14 atom stereocenters. The molecule has 2 aliphatic rings. The molecule has 0 spiro atoms. The van der Waals surface area contributed by atoms with Crippen LogP contribution in [0.2, 0.25) is 0 Å². The van der Waals surface area contributed by atoms with E-state index in [0.29, 0.717) is 56.4 Å². The van der Waals surface area contributed by atoms with Crippen LogP contribution in [0.5, 0.6) is 0 Å². The Labute approximate surface area is 588 Å². The van der Waals surface area contributed by atoms with Gasteiger partial charge in [0.05, 0.1) is 42.7 Å². The minimum absolute atomic E-state index is 0.00695. The molecule has 0 aromatic heterocycles. The van der Waals surface area contributed by atoms with Crippen molar-refractivity contribution in [2.45, 2.75) is 233 Å². The minimum Gasteiger partial charge on any atom is -0.379 e. The molecule has 2 saturated heterocycles. The molecule has 0 saturated carbocycles. The molecule has 2 aromatic rings. The summed E-state index contributed by atoms with van der Waals surface area (Å²) in [4.78, 5) is 157. The van der Waals surface area contributed by atoms with E-state index in [1.54, 1.807) is 66.8 Å². The number of benzene rings is 2. The van der Waals surface area contributed by atoms with Gasteiger partial charge in [-0.3, -0.25) is 52.8 Å². The Morgan fingerprint density at radius 3 is 1.85 bits per heavy atom. The topological polar surface area (TPSA) is 341 Å². The number of amides is 12. The maximum absolute atomic E-state index is 14.7. The second-order valence-corrected chi connectivity index (χ2v) is 28.4. The zero-order valence-electron chi connectivity index (χ0n) is 62.0. The Morgan fingerprint density at radius 1 is 0.636 bits per heavy atom. The summed E-state index contributed by atoms with van der Waals surface area (Å²) in [6.07, 6.45) is 2.33. The summed E-state index contributed by atoms with van der Waals surface area (Å²) in [5, 5.41) is 22.9. The maximum Gasteiger partial charge on any atom is 0.312 e. The Bertz CT molecular complexity index is 2960. The van der Waals surface area contributed by atoms with Crippen LogP contribution >= 0.6 is 0 Å². The van der Waals surface area contributed by atoms with Gasteiger partial charge in [-0.1, -0.05) is 118 Å². The van der Waals surface area contributed by atoms with Gasteiger partial charge in [0.1, 0.15) is 24.2 Å². The smallest absolute Gasteiger partial charge is 0.312 e. The van der Waals surface area contributed by atoms with Gasteiger partial charge < -0.3 is 72.4 Å². The third-order valence-corrected chi connectivity index (χ3v) is 19.6. The summed E-state index contributed by atoms with van der Waals surface area (Å²) in [7, 11) is 8.40. The van der Waals surface area contributed by atoms with Crippen molar-refractivity contribution in [3.8, 4) is 0 Å². The number of hydrogen-bond donors (Lipinski definition) is 9. The molecular weight excluding hydrogens is 1270 g/mol. The van der Waals surface area contributed by atoms with E-state index in [1.165, 1.54) is 14.2 Å². The quantitative estimate of drug-likeness (QED) is 0.0398. The number of ether oxygens (including phenoxy) is 2. The van der Waals surface area contributed by atoms with Crippen molar-refractivity contribution in [3.63, 3.8) is 0 Å². The van der Waals surface area contributed by atoms with Crippen molar-refractivity contribution in [1.29, 1.82) is 0 Å². The van der Waals surface area contributed by atoms with Crippen LogP contribution in [0.3, 0.4) is 0 Å². The van der Waals surface area contributed by atoms with Crippen LogP contribution in [0.15, 0.2) is 54.6 Å². The van der Waals surface area contributed by atoms with Gasteiger partial charge in [0.2, 0.25) is 59.1 Å². The first kappa shape index (κ1) is 83.7. The first-order valence-electron chi connectivity index (χ1n) is 35.6. The monoisotopic (exact) mass is 1390 g/mol. The van der Waals surface area contributed by atoms with Gasteiger partial charge in [-0.2, -0.15) is 0 Å². The molecule has 99 heavy (non-hydrogen) atoms. The fourth-order valence-electron chi connectivity index (χ4n) is 13.5. The number of anilines is 1. The molecule has 10 N–H and O–H groups in total. The summed E-state index contributed by atoms with van der Waals surface area (Å²) < 4.78 is 12.2. The lowest BCUT2D eigenvalue weighted by molar-refractivity contribution is -0.148. The molecule has 12 amide bonds. The van der Waals surface area contributed by atoms with E-state index < -0.39 is 102 Å². The van der Waals surface area contributed by atoms with E-state index in [-0.39, 0.29) is 117 Å². The lowest BCUT2D eigenvalue weighted by atomic mass is 9.89. The number of carbonyl (C=O) groups excluding carboxylic acids is 11. The third kappa shape index (κ3) is 25.5. The summed E-state index contributed by atoms with van der Waals surface area (Å²) in [5.74, 6) is -5.50. The van der Waals surface area contributed by atoms with Crippen LogP contribution in [-0.4, -0.2) is 206 Å². The molecule has 2 fully saturated rings. The van der Waals surface area contributed by atoms with Gasteiger partial charge in [-0.15, -0.1) is 0 Å². The maximum atomic E-state index is 14.7. The van der Waals surface area contributed by atoms with Crippen LogP contribution in [-0.2, 0) is 70.4 Å². The largest absolute Gasteiger partial charge is 0.379 e. The van der Waals surface area contributed by atoms with Crippen LogP contribution < -0.4 is 48.3 Å². The van der Waals surface area contributed by atoms with E-state index in [1.807, 2.05) is 112 Å². The molecule has 554 valence electrons. The van der Waals surface area contributed by atoms with Crippen molar-refractivity contribution >= 4 is 70.8 Å². The Balaban J connectivity index is 1.42. The van der Waals surface area contributed by atoms with E-state index in [2.05, 4.69) is 42.5 Å². The number of methoxy groups -OCH3 is 2. The van der Waals surface area contributed by atoms with Crippen molar-refractivity contribution in [2.75, 3.05) is 60.3 Å². The Kier molecular flexibility index (Phi) is 34.8. The molecule has 0 bridgehead atoms. The predicted molar refractivity (Wildman–Crippen MR) is 381 cm³/mol. The van der Waals surface area contributed by atoms with Crippen molar-refractivity contribution < 1.29 is 62.2 Å². The average Bonchev–Trinajstić information content (AvgIpc) is 1.80. The lowest BCUT2D eigenvalue weighted by Crippen LogP contribution is -2.59. The first-order valence-corrected chi connectivity index (χ1v) is 35.6. The second kappa shape index (κ2) is 41.1. The molecule has 26 nitrogen and oxygen atoms in total. The number of primary amides is 1. The summed E-state index contributed by atoms with van der Waals surface area (Å²) in [5.41, 5.74) is 7.10. The normalized spacial score (nSPS) is 18.9. The van der Waals surface area contributed by atoms with Gasteiger partial charge in [-0.25, -0.2) is 4.79 Å². The number of carbonyl (C=O) groups is 11. The number of hydrogen-bond acceptors (Lipinski definition) is 14. The Hall–Kier alpha value is -7.71. The highest BCUT2D eigenvalue weighted by molar-refractivity contribution is 5.99.